The molecule has 126 valence electrons. The second kappa shape index (κ2) is 7.97. The third-order valence-electron chi connectivity index (χ3n) is 4.39. The summed E-state index contributed by atoms with van der Waals surface area (Å²) in [7, 11) is 0. The van der Waals surface area contributed by atoms with Crippen LogP contribution in [-0.2, 0) is 9.53 Å². The Hall–Kier alpha value is -1.33. The Balaban J connectivity index is 1.85. The maximum Gasteiger partial charge on any atom is 0.338 e. The van der Waals surface area contributed by atoms with Crippen LogP contribution in [0.5, 0.6) is 0 Å². The molecule has 0 aromatic carbocycles. The Morgan fingerprint density at radius 1 is 1.26 bits per heavy atom. The molecule has 1 amide bonds. The number of halogens is 2. The van der Waals surface area contributed by atoms with Gasteiger partial charge in [0.05, 0.1) is 5.56 Å². The van der Waals surface area contributed by atoms with Crippen molar-refractivity contribution in [2.75, 3.05) is 6.61 Å². The minimum absolute atomic E-state index is 0.0962. The lowest BCUT2D eigenvalue weighted by Gasteiger charge is -2.34. The Labute approximate surface area is 145 Å². The van der Waals surface area contributed by atoms with Crippen LogP contribution >= 0.6 is 23.2 Å². The minimum Gasteiger partial charge on any atom is -0.452 e. The topological polar surface area (TPSA) is 68.3 Å². The van der Waals surface area contributed by atoms with Crippen LogP contribution in [0.2, 0.25) is 10.3 Å². The SMILES string of the molecule is C[C@H]1[C@H](C)CCC[C@H]1NC(=O)COC(=O)c1cc(Cl)nc(Cl)c1. The largest absolute Gasteiger partial charge is 0.452 e. The van der Waals surface area contributed by atoms with Crippen molar-refractivity contribution in [3.05, 3.63) is 28.0 Å². The molecule has 1 fully saturated rings. The molecule has 3 atom stereocenters. The number of carbonyl (C=O) groups is 2. The second-order valence-electron chi connectivity index (χ2n) is 6.02. The van der Waals surface area contributed by atoms with Gasteiger partial charge in [-0.05, 0) is 30.4 Å². The number of aromatic nitrogens is 1. The van der Waals surface area contributed by atoms with Gasteiger partial charge >= 0.3 is 5.97 Å². The monoisotopic (exact) mass is 358 g/mol. The zero-order valence-electron chi connectivity index (χ0n) is 13.1. The molecule has 0 saturated heterocycles. The van der Waals surface area contributed by atoms with E-state index < -0.39 is 5.97 Å². The van der Waals surface area contributed by atoms with E-state index in [9.17, 15) is 9.59 Å². The summed E-state index contributed by atoms with van der Waals surface area (Å²) in [4.78, 5) is 27.6. The van der Waals surface area contributed by atoms with Crippen molar-refractivity contribution >= 4 is 35.1 Å². The van der Waals surface area contributed by atoms with Crippen LogP contribution in [0.15, 0.2) is 12.1 Å². The first kappa shape index (κ1) is 18.0. The molecular formula is C16H20Cl2N2O3. The zero-order chi connectivity index (χ0) is 17.0. The lowest BCUT2D eigenvalue weighted by atomic mass is 9.78. The third kappa shape index (κ3) is 5.08. The summed E-state index contributed by atoms with van der Waals surface area (Å²) >= 11 is 11.5. The van der Waals surface area contributed by atoms with Gasteiger partial charge in [0, 0.05) is 6.04 Å². The van der Waals surface area contributed by atoms with Crippen LogP contribution in [0.3, 0.4) is 0 Å². The quantitative estimate of drug-likeness (QED) is 0.660. The first-order chi connectivity index (χ1) is 10.9. The van der Waals surface area contributed by atoms with E-state index in [1.165, 1.54) is 18.6 Å². The average molecular weight is 359 g/mol. The molecule has 0 spiro atoms. The fourth-order valence-corrected chi connectivity index (χ4v) is 3.29. The number of esters is 1. The molecule has 2 rings (SSSR count). The number of hydrogen-bond acceptors (Lipinski definition) is 4. The van der Waals surface area contributed by atoms with Gasteiger partial charge in [0.2, 0.25) is 0 Å². The predicted octanol–water partition coefficient (Wildman–Crippen LogP) is 3.49. The molecule has 1 N–H and O–H groups in total. The molecule has 1 heterocycles. The molecule has 1 aliphatic carbocycles. The molecule has 0 unspecified atom stereocenters. The lowest BCUT2D eigenvalue weighted by Crippen LogP contribution is -2.45. The number of rotatable bonds is 4. The number of pyridine rings is 1. The summed E-state index contributed by atoms with van der Waals surface area (Å²) in [6, 6.07) is 2.83. The van der Waals surface area contributed by atoms with Gasteiger partial charge in [-0.15, -0.1) is 0 Å². The molecule has 1 aliphatic rings. The molecular weight excluding hydrogens is 339 g/mol. The van der Waals surface area contributed by atoms with Gasteiger partial charge in [-0.2, -0.15) is 0 Å². The maximum atomic E-state index is 12.0. The number of carbonyl (C=O) groups excluding carboxylic acids is 2. The number of hydrogen-bond donors (Lipinski definition) is 1. The van der Waals surface area contributed by atoms with Gasteiger partial charge < -0.3 is 10.1 Å². The Kier molecular flexibility index (Phi) is 6.25. The van der Waals surface area contributed by atoms with E-state index in [0.29, 0.717) is 11.8 Å². The summed E-state index contributed by atoms with van der Waals surface area (Å²) in [6.07, 6.45) is 3.25. The van der Waals surface area contributed by atoms with Crippen LogP contribution in [0.25, 0.3) is 0 Å². The molecule has 5 nitrogen and oxygen atoms in total. The molecule has 7 heteroatoms. The van der Waals surface area contributed by atoms with E-state index in [1.54, 1.807) is 0 Å². The predicted molar refractivity (Wildman–Crippen MR) is 88.6 cm³/mol. The second-order valence-corrected chi connectivity index (χ2v) is 6.79. The van der Waals surface area contributed by atoms with E-state index in [0.717, 1.165) is 12.8 Å². The minimum atomic E-state index is -0.656. The Morgan fingerprint density at radius 2 is 1.91 bits per heavy atom. The van der Waals surface area contributed by atoms with Crippen LogP contribution in [-0.4, -0.2) is 29.5 Å². The van der Waals surface area contributed by atoms with Crippen molar-refractivity contribution in [1.82, 2.24) is 10.3 Å². The molecule has 0 bridgehead atoms. The summed E-state index contributed by atoms with van der Waals surface area (Å²) in [5, 5.41) is 3.14. The van der Waals surface area contributed by atoms with Crippen molar-refractivity contribution in [3.8, 4) is 0 Å². The van der Waals surface area contributed by atoms with Crippen LogP contribution < -0.4 is 5.32 Å². The van der Waals surface area contributed by atoms with Crippen molar-refractivity contribution in [2.24, 2.45) is 11.8 Å². The van der Waals surface area contributed by atoms with E-state index in [1.807, 2.05) is 0 Å². The van der Waals surface area contributed by atoms with E-state index in [2.05, 4.69) is 24.1 Å². The fourth-order valence-electron chi connectivity index (χ4n) is 2.83. The summed E-state index contributed by atoms with van der Waals surface area (Å²) in [6.45, 7) is 4.01. The van der Waals surface area contributed by atoms with Crippen molar-refractivity contribution < 1.29 is 14.3 Å². The molecule has 1 aromatic rings. The van der Waals surface area contributed by atoms with Crippen molar-refractivity contribution in [2.45, 2.75) is 39.2 Å². The maximum absolute atomic E-state index is 12.0. The molecule has 1 aromatic heterocycles. The smallest absolute Gasteiger partial charge is 0.338 e. The highest BCUT2D eigenvalue weighted by Gasteiger charge is 2.28. The third-order valence-corrected chi connectivity index (χ3v) is 4.77. The van der Waals surface area contributed by atoms with Gasteiger partial charge in [-0.1, -0.05) is 49.9 Å². The lowest BCUT2D eigenvalue weighted by molar-refractivity contribution is -0.125. The average Bonchev–Trinajstić information content (AvgIpc) is 2.48. The highest BCUT2D eigenvalue weighted by molar-refractivity contribution is 6.32. The fraction of sp³-hybridized carbons (Fsp3) is 0.562. The number of ether oxygens (including phenoxy) is 1. The van der Waals surface area contributed by atoms with Crippen LogP contribution in [0.1, 0.15) is 43.5 Å². The van der Waals surface area contributed by atoms with E-state index in [-0.39, 0.29) is 34.4 Å². The van der Waals surface area contributed by atoms with Gasteiger partial charge in [0.25, 0.3) is 5.91 Å². The standard InChI is InChI=1S/C16H20Cl2N2O3/c1-9-4-3-5-12(10(9)2)19-15(21)8-23-16(22)11-6-13(17)20-14(18)7-11/h6-7,9-10,12H,3-5,8H2,1-2H3,(H,19,21)/t9-,10+,12-/m1/s1. The molecule has 23 heavy (non-hydrogen) atoms. The number of nitrogens with zero attached hydrogens (tertiary/aromatic N) is 1. The molecule has 0 radical (unpaired) electrons. The normalized spacial score (nSPS) is 24.1. The Bertz CT molecular complexity index is 574. The Morgan fingerprint density at radius 3 is 2.57 bits per heavy atom. The zero-order valence-corrected chi connectivity index (χ0v) is 14.7. The van der Waals surface area contributed by atoms with Gasteiger partial charge in [0.1, 0.15) is 10.3 Å². The van der Waals surface area contributed by atoms with Crippen LogP contribution in [0.4, 0.5) is 0 Å². The first-order valence-electron chi connectivity index (χ1n) is 7.66. The molecule has 1 saturated carbocycles. The highest BCUT2D eigenvalue weighted by atomic mass is 35.5. The van der Waals surface area contributed by atoms with E-state index >= 15 is 0 Å². The number of amides is 1. The van der Waals surface area contributed by atoms with Crippen molar-refractivity contribution in [3.63, 3.8) is 0 Å². The van der Waals surface area contributed by atoms with Crippen LogP contribution in [0, 0.1) is 11.8 Å². The summed E-state index contributed by atoms with van der Waals surface area (Å²) < 4.78 is 5.01. The number of nitrogens with one attached hydrogen (secondary N) is 1. The summed E-state index contributed by atoms with van der Waals surface area (Å²) in [5.74, 6) is 0.0471. The first-order valence-corrected chi connectivity index (χ1v) is 8.42. The van der Waals surface area contributed by atoms with E-state index in [4.69, 9.17) is 27.9 Å². The highest BCUT2D eigenvalue weighted by Crippen LogP contribution is 2.29. The van der Waals surface area contributed by atoms with Gasteiger partial charge in [0.15, 0.2) is 6.61 Å². The van der Waals surface area contributed by atoms with Crippen molar-refractivity contribution in [1.29, 1.82) is 0 Å². The van der Waals surface area contributed by atoms with Gasteiger partial charge in [-0.3, -0.25) is 4.79 Å². The van der Waals surface area contributed by atoms with Gasteiger partial charge in [-0.25, -0.2) is 9.78 Å². The summed E-state index contributed by atoms with van der Waals surface area (Å²) in [5.41, 5.74) is 0.169. The molecule has 0 aliphatic heterocycles.